The zero-order valence-corrected chi connectivity index (χ0v) is 10.6. The summed E-state index contributed by atoms with van der Waals surface area (Å²) in [4.78, 5) is 4.23. The quantitative estimate of drug-likeness (QED) is 0.910. The summed E-state index contributed by atoms with van der Waals surface area (Å²) in [5.74, 6) is 0.916. The highest BCUT2D eigenvalue weighted by Crippen LogP contribution is 2.26. The van der Waals surface area contributed by atoms with Gasteiger partial charge >= 0.3 is 0 Å². The normalized spacial score (nSPS) is 9.95. The Morgan fingerprint density at radius 1 is 1.26 bits per heavy atom. The zero-order chi connectivity index (χ0) is 13.7. The Bertz CT molecular complexity index is 618. The Kier molecular flexibility index (Phi) is 4.11. The lowest BCUT2D eigenvalue weighted by Gasteiger charge is -2.10. The summed E-state index contributed by atoms with van der Waals surface area (Å²) >= 11 is 0. The first-order valence-corrected chi connectivity index (χ1v) is 5.99. The third kappa shape index (κ3) is 3.09. The van der Waals surface area contributed by atoms with E-state index < -0.39 is 0 Å². The lowest BCUT2D eigenvalue weighted by molar-refractivity contribution is 0.297. The number of aromatic nitrogens is 1. The van der Waals surface area contributed by atoms with Crippen molar-refractivity contribution in [3.8, 4) is 17.7 Å². The Morgan fingerprint density at radius 2 is 2.05 bits per heavy atom. The van der Waals surface area contributed by atoms with Crippen LogP contribution >= 0.6 is 0 Å². The third-order valence-electron chi connectivity index (χ3n) is 2.68. The molecule has 0 saturated heterocycles. The molecule has 0 aliphatic heterocycles. The summed E-state index contributed by atoms with van der Waals surface area (Å²) in [6.07, 6.45) is 0.504. The summed E-state index contributed by atoms with van der Waals surface area (Å²) in [7, 11) is 0. The van der Waals surface area contributed by atoms with Gasteiger partial charge in [0.25, 0.3) is 0 Å². The fraction of sp³-hybridized carbons (Fsp3) is 0.200. The zero-order valence-electron chi connectivity index (χ0n) is 10.6. The second kappa shape index (κ2) is 5.98. The van der Waals surface area contributed by atoms with Crippen molar-refractivity contribution >= 4 is 0 Å². The molecule has 1 N–H and O–H groups in total. The summed E-state index contributed by atoms with van der Waals surface area (Å²) < 4.78 is 5.72. The van der Waals surface area contributed by atoms with Gasteiger partial charge in [0.1, 0.15) is 17.4 Å². The number of aryl methyl sites for hydroxylation is 1. The summed E-state index contributed by atoms with van der Waals surface area (Å²) in [6.45, 7) is 1.89. The largest absolute Gasteiger partial charge is 0.437 e. The molecule has 0 aliphatic rings. The molecular weight excluding hydrogens is 240 g/mol. The fourth-order valence-electron chi connectivity index (χ4n) is 1.73. The number of nitriles is 1. The molecule has 0 aliphatic carbocycles. The van der Waals surface area contributed by atoms with Crippen molar-refractivity contribution < 1.29 is 9.84 Å². The molecule has 0 bridgehead atoms. The number of hydrogen-bond acceptors (Lipinski definition) is 4. The summed E-state index contributed by atoms with van der Waals surface area (Å²) in [5, 5.41) is 18.1. The van der Waals surface area contributed by atoms with Crippen LogP contribution in [0.25, 0.3) is 0 Å². The van der Waals surface area contributed by atoms with Crippen LogP contribution in [0.1, 0.15) is 16.8 Å². The first-order valence-electron chi connectivity index (χ1n) is 5.99. The smallest absolute Gasteiger partial charge is 0.237 e. The number of hydrogen-bond donors (Lipinski definition) is 1. The van der Waals surface area contributed by atoms with Gasteiger partial charge in [-0.25, -0.2) is 4.98 Å². The van der Waals surface area contributed by atoms with Crippen LogP contribution in [0.15, 0.2) is 36.4 Å². The SMILES string of the molecule is Cc1ccc(C#N)c(Oc2ccccc2CCO)n1. The maximum Gasteiger partial charge on any atom is 0.237 e. The van der Waals surface area contributed by atoms with E-state index in [-0.39, 0.29) is 6.61 Å². The number of pyridine rings is 1. The van der Waals surface area contributed by atoms with Crippen molar-refractivity contribution in [1.82, 2.24) is 4.98 Å². The minimum Gasteiger partial charge on any atom is -0.437 e. The van der Waals surface area contributed by atoms with Crippen molar-refractivity contribution in [2.45, 2.75) is 13.3 Å². The van der Waals surface area contributed by atoms with Gasteiger partial charge in [-0.2, -0.15) is 5.26 Å². The van der Waals surface area contributed by atoms with E-state index in [9.17, 15) is 0 Å². The van der Waals surface area contributed by atoms with Gasteiger partial charge in [-0.15, -0.1) is 0 Å². The minimum absolute atomic E-state index is 0.0483. The monoisotopic (exact) mass is 254 g/mol. The molecule has 0 spiro atoms. The average molecular weight is 254 g/mol. The number of benzene rings is 1. The second-order valence-electron chi connectivity index (χ2n) is 4.10. The van der Waals surface area contributed by atoms with Crippen LogP contribution in [-0.4, -0.2) is 16.7 Å². The molecule has 1 heterocycles. The predicted octanol–water partition coefficient (Wildman–Crippen LogP) is 2.59. The summed E-state index contributed by atoms with van der Waals surface area (Å²) in [5.41, 5.74) is 2.07. The lowest BCUT2D eigenvalue weighted by Crippen LogP contribution is -1.98. The van der Waals surface area contributed by atoms with Gasteiger partial charge in [0.15, 0.2) is 0 Å². The standard InChI is InChI=1S/C15H14N2O2/c1-11-6-7-13(10-16)15(17-11)19-14-5-3-2-4-12(14)8-9-18/h2-7,18H,8-9H2,1H3. The Balaban J connectivity index is 2.36. The molecule has 0 radical (unpaired) electrons. The van der Waals surface area contributed by atoms with Crippen molar-refractivity contribution in [2.75, 3.05) is 6.61 Å². The van der Waals surface area contributed by atoms with Gasteiger partial charge in [-0.05, 0) is 37.1 Å². The van der Waals surface area contributed by atoms with E-state index in [0.29, 0.717) is 23.6 Å². The van der Waals surface area contributed by atoms with Gasteiger partial charge in [0.2, 0.25) is 5.88 Å². The molecule has 96 valence electrons. The molecule has 0 saturated carbocycles. The Hall–Kier alpha value is -2.38. The molecular formula is C15H14N2O2. The minimum atomic E-state index is 0.0483. The van der Waals surface area contributed by atoms with Crippen LogP contribution in [0.4, 0.5) is 0 Å². The first kappa shape index (κ1) is 13.1. The number of nitrogens with zero attached hydrogens (tertiary/aromatic N) is 2. The predicted molar refractivity (Wildman–Crippen MR) is 71.0 cm³/mol. The van der Waals surface area contributed by atoms with E-state index in [0.717, 1.165) is 11.3 Å². The van der Waals surface area contributed by atoms with E-state index in [1.54, 1.807) is 18.2 Å². The maximum atomic E-state index is 9.05. The molecule has 2 rings (SSSR count). The highest BCUT2D eigenvalue weighted by Gasteiger charge is 2.09. The number of aliphatic hydroxyl groups excluding tert-OH is 1. The van der Waals surface area contributed by atoms with Gasteiger partial charge in [-0.1, -0.05) is 18.2 Å². The van der Waals surface area contributed by atoms with E-state index in [1.165, 1.54) is 0 Å². The third-order valence-corrected chi connectivity index (χ3v) is 2.68. The number of ether oxygens (including phenoxy) is 1. The topological polar surface area (TPSA) is 66.1 Å². The molecule has 0 atom stereocenters. The molecule has 4 nitrogen and oxygen atoms in total. The summed E-state index contributed by atoms with van der Waals surface area (Å²) in [6, 6.07) is 12.9. The van der Waals surface area contributed by atoms with Crippen molar-refractivity contribution in [1.29, 1.82) is 5.26 Å². The van der Waals surface area contributed by atoms with Crippen LogP contribution in [-0.2, 0) is 6.42 Å². The van der Waals surface area contributed by atoms with Crippen molar-refractivity contribution in [3.63, 3.8) is 0 Å². The van der Waals surface area contributed by atoms with Crippen LogP contribution in [0.3, 0.4) is 0 Å². The fourth-order valence-corrected chi connectivity index (χ4v) is 1.73. The van der Waals surface area contributed by atoms with Crippen LogP contribution < -0.4 is 4.74 Å². The molecule has 4 heteroatoms. The first-order chi connectivity index (χ1) is 9.24. The number of para-hydroxylation sites is 1. The molecule has 1 aromatic carbocycles. The number of rotatable bonds is 4. The van der Waals surface area contributed by atoms with Gasteiger partial charge < -0.3 is 9.84 Å². The molecule has 1 aromatic heterocycles. The van der Waals surface area contributed by atoms with E-state index in [2.05, 4.69) is 11.1 Å². The molecule has 0 amide bonds. The molecule has 2 aromatic rings. The average Bonchev–Trinajstić information content (AvgIpc) is 2.42. The van der Waals surface area contributed by atoms with Crippen LogP contribution in [0.5, 0.6) is 11.6 Å². The van der Waals surface area contributed by atoms with E-state index >= 15 is 0 Å². The highest BCUT2D eigenvalue weighted by atomic mass is 16.5. The van der Waals surface area contributed by atoms with Crippen LogP contribution in [0, 0.1) is 18.3 Å². The number of aliphatic hydroxyl groups is 1. The molecule has 0 fully saturated rings. The Labute approximate surface area is 111 Å². The van der Waals surface area contributed by atoms with Crippen LogP contribution in [0.2, 0.25) is 0 Å². The second-order valence-corrected chi connectivity index (χ2v) is 4.10. The molecule has 0 unspecified atom stereocenters. The maximum absolute atomic E-state index is 9.05. The molecule has 19 heavy (non-hydrogen) atoms. The lowest BCUT2D eigenvalue weighted by atomic mass is 10.1. The van der Waals surface area contributed by atoms with Gasteiger partial charge in [0, 0.05) is 12.3 Å². The van der Waals surface area contributed by atoms with E-state index in [1.807, 2.05) is 25.1 Å². The van der Waals surface area contributed by atoms with Crippen molar-refractivity contribution in [2.24, 2.45) is 0 Å². The van der Waals surface area contributed by atoms with Gasteiger partial charge in [-0.3, -0.25) is 0 Å². The van der Waals surface area contributed by atoms with Gasteiger partial charge in [0.05, 0.1) is 0 Å². The Morgan fingerprint density at radius 3 is 2.79 bits per heavy atom. The highest BCUT2D eigenvalue weighted by molar-refractivity contribution is 5.43. The van der Waals surface area contributed by atoms with E-state index in [4.69, 9.17) is 15.1 Å². The van der Waals surface area contributed by atoms with Crippen molar-refractivity contribution in [3.05, 3.63) is 53.2 Å².